The average Bonchev–Trinajstić information content (AvgIpc) is 2.81. The number of rotatable bonds is 10. The summed E-state index contributed by atoms with van der Waals surface area (Å²) in [5.74, 6) is 0.751. The molecule has 0 saturated carbocycles. The summed E-state index contributed by atoms with van der Waals surface area (Å²) in [6.07, 6.45) is 8.98. The lowest BCUT2D eigenvalue weighted by Gasteiger charge is -2.32. The van der Waals surface area contributed by atoms with Crippen molar-refractivity contribution in [3.8, 4) is 5.75 Å². The molecule has 1 amide bonds. The largest absolute Gasteiger partial charge is 0.494 e. The molecule has 0 aliphatic carbocycles. The standard InChI is InChI=1S/C21H32N2O2/c1-5-6-7-8-9-10-11-16-25-19-14-12-18(13-15-19)23-21(3,4)17(2)20(24)22-23/h12-15H,2,5-11,16H2,1,3-4H3,(H,22,24). The van der Waals surface area contributed by atoms with Crippen LogP contribution in [0, 0.1) is 0 Å². The zero-order chi connectivity index (χ0) is 18.3. The van der Waals surface area contributed by atoms with Crippen LogP contribution in [0.4, 0.5) is 5.69 Å². The van der Waals surface area contributed by atoms with Gasteiger partial charge in [-0.15, -0.1) is 0 Å². The quantitative estimate of drug-likeness (QED) is 0.479. The van der Waals surface area contributed by atoms with Gasteiger partial charge in [-0.25, -0.2) is 0 Å². The maximum atomic E-state index is 11.8. The molecule has 1 aliphatic rings. The molecule has 1 aromatic rings. The third-order valence-corrected chi connectivity index (χ3v) is 4.90. The van der Waals surface area contributed by atoms with Crippen LogP contribution in [0.2, 0.25) is 0 Å². The number of carbonyl (C=O) groups is 1. The SMILES string of the molecule is C=C1C(=O)NN(c2ccc(OCCCCCCCCC)cc2)C1(C)C. The minimum absolute atomic E-state index is 0.121. The maximum absolute atomic E-state index is 11.8. The molecule has 1 aromatic carbocycles. The van der Waals surface area contributed by atoms with Gasteiger partial charge in [0.15, 0.2) is 0 Å². The highest BCUT2D eigenvalue weighted by Gasteiger charge is 2.41. The van der Waals surface area contributed by atoms with E-state index in [0.717, 1.165) is 24.5 Å². The van der Waals surface area contributed by atoms with Crippen LogP contribution in [0.5, 0.6) is 5.75 Å². The van der Waals surface area contributed by atoms with Gasteiger partial charge in [0, 0.05) is 5.57 Å². The van der Waals surface area contributed by atoms with Gasteiger partial charge in [0.1, 0.15) is 5.75 Å². The summed E-state index contributed by atoms with van der Waals surface area (Å²) < 4.78 is 5.82. The van der Waals surface area contributed by atoms with E-state index in [1.165, 1.54) is 38.5 Å². The lowest BCUT2D eigenvalue weighted by molar-refractivity contribution is -0.116. The molecular formula is C21H32N2O2. The molecule has 4 nitrogen and oxygen atoms in total. The molecule has 138 valence electrons. The monoisotopic (exact) mass is 344 g/mol. The van der Waals surface area contributed by atoms with Crippen molar-refractivity contribution in [2.45, 2.75) is 71.3 Å². The lowest BCUT2D eigenvalue weighted by atomic mass is 9.96. The van der Waals surface area contributed by atoms with Crippen LogP contribution >= 0.6 is 0 Å². The summed E-state index contributed by atoms with van der Waals surface area (Å²) in [5.41, 5.74) is 3.94. The van der Waals surface area contributed by atoms with Crippen LogP contribution in [0.15, 0.2) is 36.4 Å². The average molecular weight is 344 g/mol. The number of anilines is 1. The van der Waals surface area contributed by atoms with Crippen molar-refractivity contribution < 1.29 is 9.53 Å². The van der Waals surface area contributed by atoms with Gasteiger partial charge < -0.3 is 4.74 Å². The number of unbranched alkanes of at least 4 members (excludes halogenated alkanes) is 6. The van der Waals surface area contributed by atoms with Crippen LogP contribution < -0.4 is 15.2 Å². The molecule has 0 radical (unpaired) electrons. The Labute approximate surface area is 152 Å². The predicted molar refractivity (Wildman–Crippen MR) is 104 cm³/mol. The second kappa shape index (κ2) is 8.93. The Bertz CT molecular complexity index is 578. The second-order valence-corrected chi connectivity index (χ2v) is 7.28. The van der Waals surface area contributed by atoms with Gasteiger partial charge in [0.25, 0.3) is 5.91 Å². The normalized spacial score (nSPS) is 16.2. The molecule has 1 saturated heterocycles. The van der Waals surface area contributed by atoms with E-state index in [1.807, 2.05) is 43.1 Å². The zero-order valence-corrected chi connectivity index (χ0v) is 15.9. The molecule has 0 spiro atoms. The summed E-state index contributed by atoms with van der Waals surface area (Å²) in [6.45, 7) is 10.9. The predicted octanol–water partition coefficient (Wildman–Crippen LogP) is 5.00. The lowest BCUT2D eigenvalue weighted by Crippen LogP contribution is -2.44. The molecule has 1 fully saturated rings. The summed E-state index contributed by atoms with van der Waals surface area (Å²) in [7, 11) is 0. The van der Waals surface area contributed by atoms with Crippen molar-refractivity contribution in [1.82, 2.24) is 5.43 Å². The van der Waals surface area contributed by atoms with Crippen molar-refractivity contribution in [2.75, 3.05) is 11.6 Å². The number of hydrazine groups is 1. The number of nitrogens with zero attached hydrogens (tertiary/aromatic N) is 1. The molecule has 25 heavy (non-hydrogen) atoms. The fourth-order valence-electron chi connectivity index (χ4n) is 3.05. The molecule has 1 heterocycles. The molecule has 1 N–H and O–H groups in total. The molecule has 0 unspecified atom stereocenters. The van der Waals surface area contributed by atoms with E-state index in [0.29, 0.717) is 5.57 Å². The molecular weight excluding hydrogens is 312 g/mol. The van der Waals surface area contributed by atoms with E-state index in [1.54, 1.807) is 0 Å². The van der Waals surface area contributed by atoms with Gasteiger partial charge in [-0.3, -0.25) is 15.2 Å². The third kappa shape index (κ3) is 5.00. The Balaban J connectivity index is 1.75. The minimum Gasteiger partial charge on any atom is -0.494 e. The summed E-state index contributed by atoms with van der Waals surface area (Å²) in [4.78, 5) is 11.8. The summed E-state index contributed by atoms with van der Waals surface area (Å²) >= 11 is 0. The minimum atomic E-state index is -0.433. The third-order valence-electron chi connectivity index (χ3n) is 4.90. The first-order chi connectivity index (χ1) is 12.0. The summed E-state index contributed by atoms with van der Waals surface area (Å²) in [6, 6.07) is 7.86. The van der Waals surface area contributed by atoms with Crippen molar-refractivity contribution in [2.24, 2.45) is 0 Å². The summed E-state index contributed by atoms with van der Waals surface area (Å²) in [5, 5.41) is 1.86. The highest BCUT2D eigenvalue weighted by molar-refractivity contribution is 6.00. The van der Waals surface area contributed by atoms with Gasteiger partial charge >= 0.3 is 0 Å². The van der Waals surface area contributed by atoms with Gasteiger partial charge in [-0.1, -0.05) is 52.0 Å². The Morgan fingerprint density at radius 3 is 2.20 bits per heavy atom. The molecule has 0 aromatic heterocycles. The van der Waals surface area contributed by atoms with E-state index >= 15 is 0 Å². The van der Waals surface area contributed by atoms with Crippen LogP contribution in [0.25, 0.3) is 0 Å². The van der Waals surface area contributed by atoms with Crippen LogP contribution in [-0.4, -0.2) is 18.1 Å². The van der Waals surface area contributed by atoms with Crippen molar-refractivity contribution in [3.63, 3.8) is 0 Å². The Hall–Kier alpha value is -1.97. The molecule has 0 bridgehead atoms. The topological polar surface area (TPSA) is 41.6 Å². The van der Waals surface area contributed by atoms with E-state index in [-0.39, 0.29) is 5.91 Å². The van der Waals surface area contributed by atoms with Gasteiger partial charge in [-0.2, -0.15) is 0 Å². The first-order valence-corrected chi connectivity index (χ1v) is 9.50. The fraction of sp³-hybridized carbons (Fsp3) is 0.571. The fourth-order valence-corrected chi connectivity index (χ4v) is 3.05. The van der Waals surface area contributed by atoms with Crippen molar-refractivity contribution in [3.05, 3.63) is 36.4 Å². The number of nitrogens with one attached hydrogen (secondary N) is 1. The van der Waals surface area contributed by atoms with E-state index < -0.39 is 5.54 Å². The van der Waals surface area contributed by atoms with Gasteiger partial charge in [0.05, 0.1) is 17.8 Å². The molecule has 1 aliphatic heterocycles. The highest BCUT2D eigenvalue weighted by Crippen LogP contribution is 2.33. The van der Waals surface area contributed by atoms with E-state index in [9.17, 15) is 4.79 Å². The van der Waals surface area contributed by atoms with Crippen LogP contribution in [0.3, 0.4) is 0 Å². The number of hydrogen-bond acceptors (Lipinski definition) is 3. The number of hydrogen-bond donors (Lipinski definition) is 1. The van der Waals surface area contributed by atoms with Crippen molar-refractivity contribution in [1.29, 1.82) is 0 Å². The smallest absolute Gasteiger partial charge is 0.267 e. The maximum Gasteiger partial charge on any atom is 0.267 e. The number of amides is 1. The van der Waals surface area contributed by atoms with Gasteiger partial charge in [-0.05, 0) is 44.5 Å². The van der Waals surface area contributed by atoms with Crippen molar-refractivity contribution >= 4 is 11.6 Å². The Morgan fingerprint density at radius 2 is 1.64 bits per heavy atom. The first kappa shape index (κ1) is 19.4. The first-order valence-electron chi connectivity index (χ1n) is 9.50. The van der Waals surface area contributed by atoms with Crippen LogP contribution in [0.1, 0.15) is 65.7 Å². The van der Waals surface area contributed by atoms with Crippen LogP contribution in [-0.2, 0) is 4.79 Å². The van der Waals surface area contributed by atoms with E-state index in [2.05, 4.69) is 18.9 Å². The Kier molecular flexibility index (Phi) is 6.91. The molecule has 2 rings (SSSR count). The number of benzene rings is 1. The van der Waals surface area contributed by atoms with E-state index in [4.69, 9.17) is 4.74 Å². The Morgan fingerprint density at radius 1 is 1.04 bits per heavy atom. The molecule has 0 atom stereocenters. The zero-order valence-electron chi connectivity index (χ0n) is 15.9. The van der Waals surface area contributed by atoms with Gasteiger partial charge in [0.2, 0.25) is 0 Å². The highest BCUT2D eigenvalue weighted by atomic mass is 16.5. The number of ether oxygens (including phenoxy) is 1. The number of carbonyl (C=O) groups excluding carboxylic acids is 1. The molecule has 4 heteroatoms. The second-order valence-electron chi connectivity index (χ2n) is 7.28.